The van der Waals surface area contributed by atoms with Crippen LogP contribution in [0.3, 0.4) is 0 Å². The molecule has 0 aliphatic rings. The lowest BCUT2D eigenvalue weighted by Gasteiger charge is -2.06. The number of benzene rings is 1. The Labute approximate surface area is 105 Å². The summed E-state index contributed by atoms with van der Waals surface area (Å²) >= 11 is 6.47. The number of nitrogens with two attached hydrogens (primary N) is 1. The zero-order valence-electron chi connectivity index (χ0n) is 7.45. The molecule has 1 aromatic rings. The van der Waals surface area contributed by atoms with Gasteiger partial charge in [-0.3, -0.25) is 15.6 Å². The van der Waals surface area contributed by atoms with Crippen molar-refractivity contribution in [2.24, 2.45) is 5.73 Å². The number of phenolic OH excluding ortho intramolecular Hbond substituents is 1. The van der Waals surface area contributed by atoms with Gasteiger partial charge in [-0.1, -0.05) is 0 Å². The van der Waals surface area contributed by atoms with Crippen molar-refractivity contribution in [2.75, 3.05) is 0 Å². The maximum absolute atomic E-state index is 11.4. The van der Waals surface area contributed by atoms with Crippen LogP contribution in [0.2, 0.25) is 0 Å². The first-order valence-electron chi connectivity index (χ1n) is 3.85. The third kappa shape index (κ3) is 3.51. The summed E-state index contributed by atoms with van der Waals surface area (Å²) in [6, 6.07) is 4.57. The quantitative estimate of drug-likeness (QED) is 0.340. The van der Waals surface area contributed by atoms with Crippen LogP contribution in [0.25, 0.3) is 0 Å². The second-order valence-electron chi connectivity index (χ2n) is 2.61. The molecule has 1 amide bonds. The Morgan fingerprint density at radius 3 is 2.67 bits per heavy atom. The van der Waals surface area contributed by atoms with Crippen molar-refractivity contribution < 1.29 is 9.90 Å². The minimum Gasteiger partial charge on any atom is -0.507 e. The van der Waals surface area contributed by atoms with Gasteiger partial charge in [0.1, 0.15) is 5.75 Å². The molecule has 15 heavy (non-hydrogen) atoms. The molecule has 0 heterocycles. The highest BCUT2D eigenvalue weighted by Crippen LogP contribution is 2.20. The molecule has 0 saturated carbocycles. The van der Waals surface area contributed by atoms with Crippen molar-refractivity contribution in [3.63, 3.8) is 0 Å². The second kappa shape index (κ2) is 5.12. The van der Waals surface area contributed by atoms with Gasteiger partial charge in [0.2, 0.25) is 0 Å². The molecule has 0 radical (unpaired) electrons. The van der Waals surface area contributed by atoms with Crippen molar-refractivity contribution in [3.8, 4) is 5.75 Å². The van der Waals surface area contributed by atoms with Crippen LogP contribution in [-0.4, -0.2) is 16.1 Å². The molecule has 0 spiro atoms. The number of aromatic hydroxyl groups is 1. The van der Waals surface area contributed by atoms with E-state index in [0.717, 1.165) is 0 Å². The molecule has 0 aliphatic heterocycles. The zero-order valence-corrected chi connectivity index (χ0v) is 10.4. The summed E-state index contributed by atoms with van der Waals surface area (Å²) in [4.78, 5) is 11.4. The van der Waals surface area contributed by atoms with Crippen molar-refractivity contribution in [2.45, 2.75) is 0 Å². The Morgan fingerprint density at radius 2 is 2.13 bits per heavy atom. The van der Waals surface area contributed by atoms with E-state index >= 15 is 0 Å². The lowest BCUT2D eigenvalue weighted by Crippen LogP contribution is -2.44. The number of amides is 1. The normalized spacial score (nSPS) is 9.40. The van der Waals surface area contributed by atoms with Crippen LogP contribution < -0.4 is 16.6 Å². The van der Waals surface area contributed by atoms with Crippen LogP contribution in [0.4, 0.5) is 0 Å². The van der Waals surface area contributed by atoms with E-state index in [9.17, 15) is 9.90 Å². The number of hydrogen-bond donors (Lipinski definition) is 4. The number of thiocarbonyl (C=S) groups is 1. The summed E-state index contributed by atoms with van der Waals surface area (Å²) in [5.74, 6) is -0.368. The first-order chi connectivity index (χ1) is 7.00. The first kappa shape index (κ1) is 12.0. The predicted molar refractivity (Wildman–Crippen MR) is 68.2 cm³/mol. The van der Waals surface area contributed by atoms with Crippen LogP contribution in [0, 0.1) is 3.57 Å². The highest BCUT2D eigenvalue weighted by Gasteiger charge is 2.07. The van der Waals surface area contributed by atoms with Gasteiger partial charge >= 0.3 is 0 Å². The van der Waals surface area contributed by atoms with Gasteiger partial charge in [0.15, 0.2) is 5.11 Å². The molecule has 0 aliphatic carbocycles. The molecule has 5 N–H and O–H groups in total. The number of hydrazine groups is 1. The van der Waals surface area contributed by atoms with Gasteiger partial charge in [0, 0.05) is 5.56 Å². The molecule has 0 bridgehead atoms. The maximum atomic E-state index is 11.4. The minimum absolute atomic E-state index is 0.0296. The predicted octanol–water partition coefficient (Wildman–Crippen LogP) is 0.475. The van der Waals surface area contributed by atoms with E-state index in [1.807, 2.05) is 22.6 Å². The Hall–Kier alpha value is -1.09. The van der Waals surface area contributed by atoms with E-state index in [0.29, 0.717) is 9.13 Å². The fourth-order valence-corrected chi connectivity index (χ4v) is 1.23. The largest absolute Gasteiger partial charge is 0.507 e. The van der Waals surface area contributed by atoms with Gasteiger partial charge in [-0.25, -0.2) is 0 Å². The summed E-state index contributed by atoms with van der Waals surface area (Å²) < 4.78 is 0.673. The molecule has 0 atom stereocenters. The summed E-state index contributed by atoms with van der Waals surface area (Å²) in [6.07, 6.45) is 0. The van der Waals surface area contributed by atoms with E-state index in [-0.39, 0.29) is 10.9 Å². The fraction of sp³-hybridized carbons (Fsp3) is 0. The number of carbonyl (C=O) groups excluding carboxylic acids is 1. The first-order valence-corrected chi connectivity index (χ1v) is 5.33. The molecule has 5 nitrogen and oxygen atoms in total. The number of carbonyl (C=O) groups is 1. The van der Waals surface area contributed by atoms with Crippen molar-refractivity contribution in [1.82, 2.24) is 10.9 Å². The van der Waals surface area contributed by atoms with Crippen LogP contribution in [0.15, 0.2) is 18.2 Å². The standard InChI is InChI=1S/C8H8IN3O2S/c9-5-2-1-4(3-6(5)13)7(14)11-12-8(10)15/h1-3,13H,(H,11,14)(H3,10,12,15). The van der Waals surface area contributed by atoms with E-state index in [1.165, 1.54) is 6.07 Å². The molecule has 0 fully saturated rings. The number of nitrogens with one attached hydrogen (secondary N) is 2. The lowest BCUT2D eigenvalue weighted by molar-refractivity contribution is 0.0943. The van der Waals surface area contributed by atoms with Gasteiger partial charge < -0.3 is 10.8 Å². The molecular weight excluding hydrogens is 329 g/mol. The van der Waals surface area contributed by atoms with Crippen molar-refractivity contribution in [1.29, 1.82) is 0 Å². The molecule has 1 aromatic carbocycles. The fourth-order valence-electron chi connectivity index (χ4n) is 0.844. The molecule has 0 aromatic heterocycles. The van der Waals surface area contributed by atoms with Gasteiger partial charge in [-0.15, -0.1) is 0 Å². The Bertz CT molecular complexity index is 411. The maximum Gasteiger partial charge on any atom is 0.269 e. The van der Waals surface area contributed by atoms with Gasteiger partial charge in [0.25, 0.3) is 5.91 Å². The lowest BCUT2D eigenvalue weighted by atomic mass is 10.2. The highest BCUT2D eigenvalue weighted by molar-refractivity contribution is 14.1. The number of rotatable bonds is 1. The Balaban J connectivity index is 2.74. The number of hydrogen-bond acceptors (Lipinski definition) is 3. The summed E-state index contributed by atoms with van der Waals surface area (Å²) in [5, 5.41) is 9.34. The number of phenols is 1. The minimum atomic E-state index is -0.422. The molecule has 0 unspecified atom stereocenters. The van der Waals surface area contributed by atoms with Crippen LogP contribution >= 0.6 is 34.8 Å². The third-order valence-corrected chi connectivity index (χ3v) is 2.52. The monoisotopic (exact) mass is 337 g/mol. The van der Waals surface area contributed by atoms with E-state index in [4.69, 9.17) is 5.73 Å². The SMILES string of the molecule is NC(=S)NNC(=O)c1ccc(I)c(O)c1. The average molecular weight is 337 g/mol. The van der Waals surface area contributed by atoms with Gasteiger partial charge in [0.05, 0.1) is 3.57 Å². The number of halogens is 1. The summed E-state index contributed by atoms with van der Waals surface area (Å²) in [6.45, 7) is 0. The van der Waals surface area contributed by atoms with Crippen molar-refractivity contribution in [3.05, 3.63) is 27.3 Å². The van der Waals surface area contributed by atoms with Crippen molar-refractivity contribution >= 4 is 45.8 Å². The Morgan fingerprint density at radius 1 is 1.47 bits per heavy atom. The molecule has 80 valence electrons. The molecular formula is C8H8IN3O2S. The topological polar surface area (TPSA) is 87.4 Å². The van der Waals surface area contributed by atoms with E-state index in [2.05, 4.69) is 23.1 Å². The van der Waals surface area contributed by atoms with Crippen LogP contribution in [0.1, 0.15) is 10.4 Å². The van der Waals surface area contributed by atoms with Crippen LogP contribution in [0.5, 0.6) is 5.75 Å². The molecule has 0 saturated heterocycles. The summed E-state index contributed by atoms with van der Waals surface area (Å²) in [5.41, 5.74) is 10.0. The molecule has 7 heteroatoms. The third-order valence-electron chi connectivity index (χ3n) is 1.51. The highest BCUT2D eigenvalue weighted by atomic mass is 127. The van der Waals surface area contributed by atoms with E-state index < -0.39 is 5.91 Å². The molecule has 1 rings (SSSR count). The van der Waals surface area contributed by atoms with E-state index in [1.54, 1.807) is 12.1 Å². The second-order valence-corrected chi connectivity index (χ2v) is 4.21. The van der Waals surface area contributed by atoms with Gasteiger partial charge in [-0.2, -0.15) is 0 Å². The average Bonchev–Trinajstić information content (AvgIpc) is 2.18. The van der Waals surface area contributed by atoms with Crippen LogP contribution in [-0.2, 0) is 0 Å². The Kier molecular flexibility index (Phi) is 4.09. The zero-order chi connectivity index (χ0) is 11.4. The smallest absolute Gasteiger partial charge is 0.269 e. The van der Waals surface area contributed by atoms with Gasteiger partial charge in [-0.05, 0) is 53.0 Å². The summed E-state index contributed by atoms with van der Waals surface area (Å²) in [7, 11) is 0.